The molecule has 1 aliphatic rings. The van der Waals surface area contributed by atoms with Crippen LogP contribution in [0.1, 0.15) is 23.6 Å². The van der Waals surface area contributed by atoms with Crippen molar-refractivity contribution in [3.8, 4) is 22.3 Å². The first-order chi connectivity index (χ1) is 27.1. The molecule has 2 aromatic heterocycles. The molecule has 2 nitrogen and oxygen atoms in total. The molecule has 55 heavy (non-hydrogen) atoms. The first kappa shape index (κ1) is 30.6. The van der Waals surface area contributed by atoms with Crippen LogP contribution in [-0.4, -0.2) is 0 Å². The molecule has 0 radical (unpaired) electrons. The quantitative estimate of drug-likeness (QED) is 0.183. The molecule has 0 spiro atoms. The molecule has 1 unspecified atom stereocenters. The van der Waals surface area contributed by atoms with E-state index in [4.69, 9.17) is 8.83 Å². The van der Waals surface area contributed by atoms with Gasteiger partial charge in [0.15, 0.2) is 0 Å². The molecule has 0 saturated heterocycles. The Morgan fingerprint density at radius 1 is 0.455 bits per heavy atom. The summed E-state index contributed by atoms with van der Waals surface area (Å²) in [6.45, 7) is 2.39. The van der Waals surface area contributed by atoms with Crippen LogP contribution in [0, 0.1) is 0 Å². The predicted molar refractivity (Wildman–Crippen MR) is 231 cm³/mol. The van der Waals surface area contributed by atoms with Crippen molar-refractivity contribution in [3.05, 3.63) is 187 Å². The molecule has 2 heterocycles. The summed E-state index contributed by atoms with van der Waals surface area (Å²) in [5.74, 6) is 0. The Kier molecular flexibility index (Phi) is 6.28. The smallest absolute Gasteiger partial charge is 0.147 e. The molecule has 12 rings (SSSR count). The summed E-state index contributed by atoms with van der Waals surface area (Å²) < 4.78 is 13.5. The van der Waals surface area contributed by atoms with E-state index in [2.05, 4.69) is 171 Å². The number of hydrogen-bond donors (Lipinski definition) is 0. The number of hydrogen-bond acceptors (Lipinski definition) is 2. The van der Waals surface area contributed by atoms with Crippen molar-refractivity contribution in [3.63, 3.8) is 0 Å². The van der Waals surface area contributed by atoms with Gasteiger partial charge in [-0.05, 0) is 102 Å². The normalized spacial score (nSPS) is 15.7. The van der Waals surface area contributed by atoms with E-state index in [1.807, 2.05) is 12.1 Å². The van der Waals surface area contributed by atoms with Crippen LogP contribution < -0.4 is 0 Å². The van der Waals surface area contributed by atoms with Crippen molar-refractivity contribution in [1.82, 2.24) is 0 Å². The second-order valence-electron chi connectivity index (χ2n) is 15.4. The molecule has 258 valence electrons. The number of para-hydroxylation sites is 2. The number of allylic oxidation sites excluding steroid dienone is 1. The summed E-state index contributed by atoms with van der Waals surface area (Å²) in [7, 11) is 0. The minimum absolute atomic E-state index is 0.402. The fourth-order valence-electron chi connectivity index (χ4n) is 9.58. The van der Waals surface area contributed by atoms with Gasteiger partial charge >= 0.3 is 0 Å². The van der Waals surface area contributed by atoms with Gasteiger partial charge in [0.2, 0.25) is 0 Å². The summed E-state index contributed by atoms with van der Waals surface area (Å²) in [6.07, 6.45) is 5.64. The summed E-state index contributed by atoms with van der Waals surface area (Å²) in [5, 5.41) is 11.9. The summed E-state index contributed by atoms with van der Waals surface area (Å²) in [5.41, 5.74) is 12.0. The van der Waals surface area contributed by atoms with Crippen LogP contribution in [-0.2, 0) is 11.8 Å². The molecule has 2 heteroatoms. The number of benzene rings is 9. The number of rotatable bonds is 3. The van der Waals surface area contributed by atoms with Crippen LogP contribution in [0.3, 0.4) is 0 Å². The van der Waals surface area contributed by atoms with E-state index in [9.17, 15) is 0 Å². The van der Waals surface area contributed by atoms with Crippen molar-refractivity contribution in [2.45, 2.75) is 18.8 Å². The Bertz CT molecular complexity index is 3430. The highest BCUT2D eigenvalue weighted by atomic mass is 16.3. The molecule has 1 aliphatic carbocycles. The minimum Gasteiger partial charge on any atom is -0.456 e. The van der Waals surface area contributed by atoms with Crippen LogP contribution >= 0.6 is 0 Å². The van der Waals surface area contributed by atoms with E-state index >= 15 is 0 Å². The largest absolute Gasteiger partial charge is 0.456 e. The van der Waals surface area contributed by atoms with E-state index in [0.29, 0.717) is 0 Å². The molecule has 0 saturated carbocycles. The van der Waals surface area contributed by atoms with Crippen molar-refractivity contribution in [2.75, 3.05) is 0 Å². The van der Waals surface area contributed by atoms with Gasteiger partial charge in [0.25, 0.3) is 0 Å². The molecule has 1 atom stereocenters. The van der Waals surface area contributed by atoms with Crippen LogP contribution in [0.5, 0.6) is 0 Å². The molecule has 0 bridgehead atoms. The zero-order valence-corrected chi connectivity index (χ0v) is 30.3. The summed E-state index contributed by atoms with van der Waals surface area (Å²) >= 11 is 0. The highest BCUT2D eigenvalue weighted by Gasteiger charge is 2.36. The van der Waals surface area contributed by atoms with Crippen LogP contribution in [0.25, 0.3) is 105 Å². The average molecular weight is 703 g/mol. The summed E-state index contributed by atoms with van der Waals surface area (Å²) in [6, 6.07) is 59.4. The maximum atomic E-state index is 6.87. The number of fused-ring (bicyclic) bond motifs is 11. The highest BCUT2D eigenvalue weighted by Crippen LogP contribution is 2.51. The molecule has 11 aromatic rings. The third-order valence-corrected chi connectivity index (χ3v) is 12.2. The van der Waals surface area contributed by atoms with E-state index in [0.717, 1.165) is 50.3 Å². The van der Waals surface area contributed by atoms with Gasteiger partial charge in [-0.3, -0.25) is 0 Å². The minimum atomic E-state index is -0.402. The van der Waals surface area contributed by atoms with E-state index in [1.165, 1.54) is 71.3 Å². The first-order valence-corrected chi connectivity index (χ1v) is 19.1. The zero-order chi connectivity index (χ0) is 36.3. The second kappa shape index (κ2) is 11.3. The van der Waals surface area contributed by atoms with Gasteiger partial charge in [0.1, 0.15) is 22.3 Å². The van der Waals surface area contributed by atoms with E-state index in [-0.39, 0.29) is 0 Å². The van der Waals surface area contributed by atoms with Gasteiger partial charge in [-0.25, -0.2) is 0 Å². The topological polar surface area (TPSA) is 26.3 Å². The Balaban J connectivity index is 1.18. The number of furan rings is 2. The van der Waals surface area contributed by atoms with Crippen molar-refractivity contribution >= 4 is 82.3 Å². The highest BCUT2D eigenvalue weighted by molar-refractivity contribution is 6.23. The maximum Gasteiger partial charge on any atom is 0.147 e. The Hall–Kier alpha value is -6.90. The lowest BCUT2D eigenvalue weighted by molar-refractivity contribution is 0.572. The average Bonchev–Trinajstić information content (AvgIpc) is 3.81. The molecule has 0 amide bonds. The maximum absolute atomic E-state index is 6.87. The molecular formula is C53H34O2. The van der Waals surface area contributed by atoms with Crippen molar-refractivity contribution in [1.29, 1.82) is 0 Å². The second-order valence-corrected chi connectivity index (χ2v) is 15.4. The van der Waals surface area contributed by atoms with Crippen molar-refractivity contribution < 1.29 is 8.83 Å². The monoisotopic (exact) mass is 702 g/mol. The lowest BCUT2D eigenvalue weighted by atomic mass is 9.68. The van der Waals surface area contributed by atoms with Gasteiger partial charge < -0.3 is 8.83 Å². The van der Waals surface area contributed by atoms with Crippen LogP contribution in [0.4, 0.5) is 0 Å². The third kappa shape index (κ3) is 4.43. The summed E-state index contributed by atoms with van der Waals surface area (Å²) in [4.78, 5) is 0. The van der Waals surface area contributed by atoms with Gasteiger partial charge in [0, 0.05) is 27.1 Å². The molecule has 9 aromatic carbocycles. The lowest BCUT2D eigenvalue weighted by Gasteiger charge is -2.34. The molecule has 0 N–H and O–H groups in total. The fourth-order valence-corrected chi connectivity index (χ4v) is 9.58. The third-order valence-electron chi connectivity index (χ3n) is 12.2. The Labute approximate surface area is 317 Å². The predicted octanol–water partition coefficient (Wildman–Crippen LogP) is 14.8. The van der Waals surface area contributed by atoms with Crippen molar-refractivity contribution in [2.24, 2.45) is 0 Å². The van der Waals surface area contributed by atoms with Crippen LogP contribution in [0.15, 0.2) is 179 Å². The zero-order valence-electron chi connectivity index (χ0n) is 30.3. The van der Waals surface area contributed by atoms with E-state index in [1.54, 1.807) is 0 Å². The molecule has 0 aliphatic heterocycles. The van der Waals surface area contributed by atoms with Gasteiger partial charge in [-0.1, -0.05) is 153 Å². The van der Waals surface area contributed by atoms with E-state index < -0.39 is 5.41 Å². The molecule has 0 fully saturated rings. The van der Waals surface area contributed by atoms with Gasteiger partial charge in [0.05, 0.1) is 5.39 Å². The van der Waals surface area contributed by atoms with Gasteiger partial charge in [-0.15, -0.1) is 0 Å². The SMILES string of the molecule is CC1(c2cc3c4ccccc4oc3c3c2oc2ccccc23)C=Cc2c(c(-c3ccc4ccccc4c3)c3ccccc3c2-c2ccc3ccccc3c2)C1. The Morgan fingerprint density at radius 2 is 0.982 bits per heavy atom. The molecular weight excluding hydrogens is 669 g/mol. The lowest BCUT2D eigenvalue weighted by Crippen LogP contribution is -2.26. The standard InChI is InChI=1S/C53H34O2/c1-53(45-30-43-38-16-8-10-20-46(38)54-51(43)50-42-19-9-11-21-47(42)55-52(45)50)27-26-41-44(31-53)49(37-25-23-33-13-3-5-15-35(33)29-37)40-18-7-6-17-39(40)48(41)36-24-22-32-12-2-4-14-34(32)28-36/h2-30H,31H2,1H3. The van der Waals surface area contributed by atoms with Gasteiger partial charge in [-0.2, -0.15) is 0 Å². The van der Waals surface area contributed by atoms with Crippen LogP contribution in [0.2, 0.25) is 0 Å². The first-order valence-electron chi connectivity index (χ1n) is 19.1. The Morgan fingerprint density at radius 3 is 1.67 bits per heavy atom. The fraction of sp³-hybridized carbons (Fsp3) is 0.0566.